The number of hydrogen-bond acceptors (Lipinski definition) is 5. The highest BCUT2D eigenvalue weighted by Gasteiger charge is 2.22. The van der Waals surface area contributed by atoms with Crippen LogP contribution in [0, 0.1) is 6.92 Å². The van der Waals surface area contributed by atoms with E-state index in [0.717, 1.165) is 0 Å². The number of nitrogens with zero attached hydrogens (tertiary/aromatic N) is 1. The molecule has 0 atom stereocenters. The van der Waals surface area contributed by atoms with Crippen molar-refractivity contribution in [3.8, 4) is 11.5 Å². The van der Waals surface area contributed by atoms with Crippen molar-refractivity contribution in [1.29, 1.82) is 0 Å². The average molecular weight is 246 g/mol. The fourth-order valence-electron chi connectivity index (χ4n) is 1.72. The van der Waals surface area contributed by atoms with E-state index >= 15 is 0 Å². The van der Waals surface area contributed by atoms with Crippen LogP contribution in [0.1, 0.15) is 16.1 Å². The van der Waals surface area contributed by atoms with Crippen molar-refractivity contribution in [1.82, 2.24) is 5.16 Å². The number of fused-ring (bicyclic) bond motifs is 1. The molecular formula is C12H10N2O4. The molecule has 1 aliphatic heterocycles. The normalized spacial score (nSPS) is 12.5. The van der Waals surface area contributed by atoms with E-state index in [0.29, 0.717) is 28.6 Å². The second kappa shape index (κ2) is 4.06. The summed E-state index contributed by atoms with van der Waals surface area (Å²) in [6.45, 7) is 1.88. The number of rotatable bonds is 2. The maximum Gasteiger partial charge on any atom is 0.260 e. The summed E-state index contributed by atoms with van der Waals surface area (Å²) in [5, 5.41) is 6.33. The number of ether oxygens (including phenoxy) is 2. The van der Waals surface area contributed by atoms with Crippen molar-refractivity contribution in [2.75, 3.05) is 12.1 Å². The number of aryl methyl sites for hydroxylation is 1. The molecule has 0 bridgehead atoms. The molecule has 0 saturated heterocycles. The van der Waals surface area contributed by atoms with Gasteiger partial charge in [-0.1, -0.05) is 11.2 Å². The molecule has 0 radical (unpaired) electrons. The van der Waals surface area contributed by atoms with Crippen LogP contribution in [0.3, 0.4) is 0 Å². The Morgan fingerprint density at radius 1 is 1.39 bits per heavy atom. The Hall–Kier alpha value is -2.50. The van der Waals surface area contributed by atoms with Crippen LogP contribution in [0.4, 0.5) is 5.82 Å². The molecule has 92 valence electrons. The van der Waals surface area contributed by atoms with Crippen molar-refractivity contribution in [2.45, 2.75) is 6.92 Å². The molecule has 3 rings (SSSR count). The third-order valence-corrected chi connectivity index (χ3v) is 2.51. The molecule has 0 spiro atoms. The van der Waals surface area contributed by atoms with Crippen molar-refractivity contribution in [3.63, 3.8) is 0 Å². The molecule has 0 saturated carbocycles. The molecule has 0 aliphatic carbocycles. The molecule has 6 heteroatoms. The van der Waals surface area contributed by atoms with E-state index in [1.807, 2.05) is 0 Å². The van der Waals surface area contributed by atoms with Gasteiger partial charge in [-0.25, -0.2) is 0 Å². The zero-order valence-electron chi connectivity index (χ0n) is 9.60. The van der Waals surface area contributed by atoms with Gasteiger partial charge < -0.3 is 19.3 Å². The van der Waals surface area contributed by atoms with E-state index in [1.54, 1.807) is 31.2 Å². The smallest absolute Gasteiger partial charge is 0.260 e. The molecule has 18 heavy (non-hydrogen) atoms. The highest BCUT2D eigenvalue weighted by Crippen LogP contribution is 2.35. The topological polar surface area (TPSA) is 73.6 Å². The Kier molecular flexibility index (Phi) is 2.40. The minimum atomic E-state index is -0.314. The third kappa shape index (κ3) is 1.77. The summed E-state index contributed by atoms with van der Waals surface area (Å²) in [6.07, 6.45) is 0. The molecule has 1 N–H and O–H groups in total. The summed E-state index contributed by atoms with van der Waals surface area (Å²) < 4.78 is 15.3. The highest BCUT2D eigenvalue weighted by atomic mass is 16.7. The van der Waals surface area contributed by atoms with Gasteiger partial charge in [0.25, 0.3) is 5.91 Å². The van der Waals surface area contributed by atoms with Gasteiger partial charge in [-0.15, -0.1) is 0 Å². The van der Waals surface area contributed by atoms with E-state index in [2.05, 4.69) is 10.5 Å². The second-order valence-corrected chi connectivity index (χ2v) is 3.82. The Morgan fingerprint density at radius 3 is 3.06 bits per heavy atom. The summed E-state index contributed by atoms with van der Waals surface area (Å²) in [5.41, 5.74) is 0.408. The van der Waals surface area contributed by atoms with Crippen molar-refractivity contribution in [3.05, 3.63) is 35.6 Å². The molecular weight excluding hydrogens is 236 g/mol. The minimum Gasteiger partial charge on any atom is -0.454 e. The van der Waals surface area contributed by atoms with E-state index in [9.17, 15) is 4.79 Å². The van der Waals surface area contributed by atoms with Crippen LogP contribution in [0.25, 0.3) is 0 Å². The van der Waals surface area contributed by atoms with Gasteiger partial charge in [-0.3, -0.25) is 4.79 Å². The molecule has 2 heterocycles. The number of carbonyl (C=O) groups is 1. The summed E-state index contributed by atoms with van der Waals surface area (Å²) in [6, 6.07) is 6.78. The van der Waals surface area contributed by atoms with Crippen LogP contribution in [0.2, 0.25) is 0 Å². The molecule has 0 fully saturated rings. The van der Waals surface area contributed by atoms with E-state index in [-0.39, 0.29) is 12.7 Å². The monoisotopic (exact) mass is 246 g/mol. The van der Waals surface area contributed by atoms with Crippen molar-refractivity contribution >= 4 is 11.7 Å². The maximum absolute atomic E-state index is 12.1. The zero-order valence-corrected chi connectivity index (χ0v) is 9.60. The SMILES string of the molecule is Cc1cc(NC(=O)c2cccc3c2OCO3)no1. The number of benzene rings is 1. The second-order valence-electron chi connectivity index (χ2n) is 3.82. The van der Waals surface area contributed by atoms with Gasteiger partial charge >= 0.3 is 0 Å². The quantitative estimate of drug-likeness (QED) is 0.876. The number of amides is 1. The Morgan fingerprint density at radius 2 is 2.28 bits per heavy atom. The lowest BCUT2D eigenvalue weighted by molar-refractivity contribution is 0.102. The van der Waals surface area contributed by atoms with E-state index in [4.69, 9.17) is 14.0 Å². The molecule has 0 unspecified atom stereocenters. The third-order valence-electron chi connectivity index (χ3n) is 2.51. The predicted molar refractivity (Wildman–Crippen MR) is 61.8 cm³/mol. The fourth-order valence-corrected chi connectivity index (χ4v) is 1.72. The lowest BCUT2D eigenvalue weighted by Gasteiger charge is -2.04. The maximum atomic E-state index is 12.1. The van der Waals surface area contributed by atoms with Crippen LogP contribution in [-0.2, 0) is 0 Å². The van der Waals surface area contributed by atoms with Gasteiger partial charge in [0.2, 0.25) is 6.79 Å². The molecule has 1 aliphatic rings. The number of nitrogens with one attached hydrogen (secondary N) is 1. The number of aromatic nitrogens is 1. The summed E-state index contributed by atoms with van der Waals surface area (Å²) >= 11 is 0. The highest BCUT2D eigenvalue weighted by molar-refractivity contribution is 6.06. The number of anilines is 1. The average Bonchev–Trinajstić information content (AvgIpc) is 2.97. The number of carbonyl (C=O) groups excluding carboxylic acids is 1. The predicted octanol–water partition coefficient (Wildman–Crippen LogP) is 1.96. The van der Waals surface area contributed by atoms with Gasteiger partial charge in [-0.2, -0.15) is 0 Å². The van der Waals surface area contributed by atoms with Crippen LogP contribution >= 0.6 is 0 Å². The largest absolute Gasteiger partial charge is 0.454 e. The van der Waals surface area contributed by atoms with Crippen LogP contribution < -0.4 is 14.8 Å². The van der Waals surface area contributed by atoms with Gasteiger partial charge in [-0.05, 0) is 19.1 Å². The van der Waals surface area contributed by atoms with Crippen LogP contribution in [0.15, 0.2) is 28.8 Å². The van der Waals surface area contributed by atoms with Crippen molar-refractivity contribution < 1.29 is 18.8 Å². The first-order chi connectivity index (χ1) is 8.74. The lowest BCUT2D eigenvalue weighted by atomic mass is 10.1. The van der Waals surface area contributed by atoms with Crippen LogP contribution in [-0.4, -0.2) is 17.9 Å². The number of para-hydroxylation sites is 1. The Bertz CT molecular complexity index is 606. The van der Waals surface area contributed by atoms with Gasteiger partial charge in [0.1, 0.15) is 5.76 Å². The molecule has 1 aromatic heterocycles. The van der Waals surface area contributed by atoms with Gasteiger partial charge in [0.05, 0.1) is 5.56 Å². The summed E-state index contributed by atoms with van der Waals surface area (Å²) in [4.78, 5) is 12.1. The zero-order chi connectivity index (χ0) is 12.5. The lowest BCUT2D eigenvalue weighted by Crippen LogP contribution is -2.12. The first-order valence-corrected chi connectivity index (χ1v) is 5.37. The standard InChI is InChI=1S/C12H10N2O4/c1-7-5-10(14-18-7)13-12(15)8-3-2-4-9-11(8)17-6-16-9/h2-5H,6H2,1H3,(H,13,14,15). The Balaban J connectivity index is 1.87. The van der Waals surface area contributed by atoms with Crippen molar-refractivity contribution in [2.24, 2.45) is 0 Å². The Labute approximate surface area is 102 Å². The van der Waals surface area contributed by atoms with Crippen LogP contribution in [0.5, 0.6) is 11.5 Å². The summed E-state index contributed by atoms with van der Waals surface area (Å²) in [5.74, 6) is 1.71. The fraction of sp³-hybridized carbons (Fsp3) is 0.167. The first-order valence-electron chi connectivity index (χ1n) is 5.37. The molecule has 1 amide bonds. The van der Waals surface area contributed by atoms with Gasteiger partial charge in [0, 0.05) is 6.07 Å². The summed E-state index contributed by atoms with van der Waals surface area (Å²) in [7, 11) is 0. The van der Waals surface area contributed by atoms with E-state index < -0.39 is 0 Å². The first kappa shape index (κ1) is 10.6. The molecule has 6 nitrogen and oxygen atoms in total. The van der Waals surface area contributed by atoms with E-state index in [1.165, 1.54) is 0 Å². The van der Waals surface area contributed by atoms with Gasteiger partial charge in [0.15, 0.2) is 17.3 Å². The number of hydrogen-bond donors (Lipinski definition) is 1. The molecule has 1 aromatic carbocycles. The minimum absolute atomic E-state index is 0.128. The molecule has 2 aromatic rings.